The van der Waals surface area contributed by atoms with E-state index in [9.17, 15) is 42.2 Å². The molecule has 0 aliphatic rings. The van der Waals surface area contributed by atoms with Gasteiger partial charge in [-0.15, -0.1) is 0 Å². The van der Waals surface area contributed by atoms with Gasteiger partial charge < -0.3 is 35.7 Å². The summed E-state index contributed by atoms with van der Waals surface area (Å²) < 4.78 is 80.1. The Morgan fingerprint density at radius 1 is 1.05 bits per heavy atom. The van der Waals surface area contributed by atoms with Crippen LogP contribution in [0.5, 0.6) is 5.75 Å². The molecule has 0 aliphatic carbocycles. The molecule has 0 saturated heterocycles. The highest BCUT2D eigenvalue weighted by molar-refractivity contribution is 9.10. The van der Waals surface area contributed by atoms with Gasteiger partial charge in [0.25, 0.3) is 5.91 Å². The summed E-state index contributed by atoms with van der Waals surface area (Å²) in [5, 5.41) is 23.4. The maximum Gasteiger partial charge on any atom is 0.416 e. The summed E-state index contributed by atoms with van der Waals surface area (Å²) in [5.74, 6) is -5.32. The molecule has 238 valence electrons. The van der Waals surface area contributed by atoms with E-state index in [1.54, 1.807) is 20.8 Å². The topological polar surface area (TPSA) is 177 Å². The number of primary amides is 1. The fourth-order valence-corrected chi connectivity index (χ4v) is 4.79. The van der Waals surface area contributed by atoms with Crippen LogP contribution in [-0.4, -0.2) is 45.4 Å². The summed E-state index contributed by atoms with van der Waals surface area (Å²) >= 11 is 3.14. The number of nitrogens with two attached hydrogens (primary N) is 1. The van der Waals surface area contributed by atoms with Gasteiger partial charge >= 0.3 is 18.4 Å². The van der Waals surface area contributed by atoms with Crippen molar-refractivity contribution in [2.24, 2.45) is 11.1 Å². The van der Waals surface area contributed by atoms with E-state index in [-0.39, 0.29) is 21.8 Å². The first kappa shape index (κ1) is 34.1. The van der Waals surface area contributed by atoms with Crippen molar-refractivity contribution < 1.29 is 55.7 Å². The highest BCUT2D eigenvalue weighted by Crippen LogP contribution is 2.42. The largest absolute Gasteiger partial charge is 0.477 e. The molecule has 44 heavy (non-hydrogen) atoms. The lowest BCUT2D eigenvalue weighted by Crippen LogP contribution is -2.63. The van der Waals surface area contributed by atoms with E-state index in [0.717, 1.165) is 30.3 Å². The molecular formula is C27H26BrF5N4O7. The first-order chi connectivity index (χ1) is 20.3. The first-order valence-corrected chi connectivity index (χ1v) is 13.3. The summed E-state index contributed by atoms with van der Waals surface area (Å²) in [6, 6.07) is 5.38. The van der Waals surface area contributed by atoms with Crippen LogP contribution in [-0.2, 0) is 6.18 Å². The van der Waals surface area contributed by atoms with Crippen LogP contribution < -0.4 is 21.1 Å². The van der Waals surface area contributed by atoms with Gasteiger partial charge in [0.15, 0.2) is 22.3 Å². The molecule has 11 nitrogen and oxygen atoms in total. The van der Waals surface area contributed by atoms with E-state index in [2.05, 4.69) is 31.5 Å². The van der Waals surface area contributed by atoms with Crippen LogP contribution in [0.25, 0.3) is 11.3 Å². The second-order valence-corrected chi connectivity index (χ2v) is 11.3. The molecule has 2 aromatic carbocycles. The van der Waals surface area contributed by atoms with Gasteiger partial charge in [-0.05, 0) is 45.6 Å². The lowest BCUT2D eigenvalue weighted by Gasteiger charge is -2.45. The molecular weight excluding hydrogens is 667 g/mol. The smallest absolute Gasteiger partial charge is 0.416 e. The zero-order chi connectivity index (χ0) is 33.2. The van der Waals surface area contributed by atoms with Crippen LogP contribution >= 0.6 is 15.9 Å². The molecule has 0 aliphatic heterocycles. The van der Waals surface area contributed by atoms with Gasteiger partial charge in [-0.25, -0.2) is 23.4 Å². The van der Waals surface area contributed by atoms with Crippen molar-refractivity contribution in [1.82, 2.24) is 15.6 Å². The van der Waals surface area contributed by atoms with Crippen LogP contribution in [0.3, 0.4) is 0 Å². The Balaban J connectivity index is 2.20. The van der Waals surface area contributed by atoms with E-state index in [0.29, 0.717) is 6.07 Å². The van der Waals surface area contributed by atoms with Crippen molar-refractivity contribution in [3.05, 3.63) is 69.7 Å². The second-order valence-electron chi connectivity index (χ2n) is 10.6. The Morgan fingerprint density at radius 2 is 1.66 bits per heavy atom. The van der Waals surface area contributed by atoms with E-state index in [1.165, 1.54) is 0 Å². The molecule has 1 aromatic heterocycles. The molecule has 0 spiro atoms. The van der Waals surface area contributed by atoms with Gasteiger partial charge in [0.1, 0.15) is 17.1 Å². The zero-order valence-electron chi connectivity index (χ0n) is 23.2. The number of carboxylic acid groups (broad SMARTS) is 2. The zero-order valence-corrected chi connectivity index (χ0v) is 24.8. The highest BCUT2D eigenvalue weighted by Gasteiger charge is 2.47. The molecule has 6 N–H and O–H groups in total. The third kappa shape index (κ3) is 7.56. The standard InChI is InChI=1S/C27H26BrF5N4O7/c1-25(2,3)26(37-24(41)42,11-35-23(39)40)10-16(43-15-9-8-14(29)17(18(15)30)21(34)38)22-36-19(20(28)44-22)12-4-6-13(7-5-12)27(31,32)33/h4-9,16,35,37H,10-11H2,1-3H3,(H2,34,38)(H,39,40)(H,41,42). The Labute approximate surface area is 254 Å². The number of amides is 3. The number of halogens is 6. The Kier molecular flexibility index (Phi) is 9.82. The van der Waals surface area contributed by atoms with Gasteiger partial charge in [-0.1, -0.05) is 32.9 Å². The molecule has 0 bridgehead atoms. The highest BCUT2D eigenvalue weighted by atomic mass is 79.9. The molecule has 0 fully saturated rings. The average Bonchev–Trinajstić information content (AvgIpc) is 3.28. The van der Waals surface area contributed by atoms with Gasteiger partial charge in [-0.2, -0.15) is 13.2 Å². The molecule has 3 aromatic rings. The summed E-state index contributed by atoms with van der Waals surface area (Å²) in [6.07, 6.45) is -9.76. The van der Waals surface area contributed by atoms with Gasteiger partial charge in [0.05, 0.1) is 11.1 Å². The Hall–Kier alpha value is -4.41. The molecule has 1 heterocycles. The molecule has 17 heteroatoms. The molecule has 0 radical (unpaired) electrons. The first-order valence-electron chi connectivity index (χ1n) is 12.5. The van der Waals surface area contributed by atoms with Crippen LogP contribution in [0.4, 0.5) is 31.5 Å². The number of hydrogen-bond acceptors (Lipinski definition) is 6. The maximum absolute atomic E-state index is 15.3. The minimum Gasteiger partial charge on any atom is -0.477 e. The van der Waals surface area contributed by atoms with E-state index >= 15 is 4.39 Å². The number of aromatic nitrogens is 1. The minimum atomic E-state index is -4.61. The number of hydrogen-bond donors (Lipinski definition) is 5. The number of rotatable bonds is 10. The molecule has 3 rings (SSSR count). The monoisotopic (exact) mass is 692 g/mol. The third-order valence-electron chi connectivity index (χ3n) is 6.79. The van der Waals surface area contributed by atoms with E-state index < -0.39 is 82.8 Å². The number of nitrogens with zero attached hydrogens (tertiary/aromatic N) is 1. The van der Waals surface area contributed by atoms with Crippen molar-refractivity contribution in [1.29, 1.82) is 0 Å². The van der Waals surface area contributed by atoms with Gasteiger partial charge in [0, 0.05) is 18.5 Å². The van der Waals surface area contributed by atoms with Crippen LogP contribution in [0, 0.1) is 17.0 Å². The summed E-state index contributed by atoms with van der Waals surface area (Å²) in [4.78, 5) is 39.4. The van der Waals surface area contributed by atoms with E-state index in [1.807, 2.05) is 0 Å². The Morgan fingerprint density at radius 3 is 2.16 bits per heavy atom. The van der Waals surface area contributed by atoms with Crippen molar-refractivity contribution in [2.75, 3.05) is 6.54 Å². The number of alkyl halides is 3. The van der Waals surface area contributed by atoms with Gasteiger partial charge in [-0.3, -0.25) is 4.79 Å². The van der Waals surface area contributed by atoms with Gasteiger partial charge in [0.2, 0.25) is 5.89 Å². The average molecular weight is 693 g/mol. The lowest BCUT2D eigenvalue weighted by atomic mass is 9.70. The fourth-order valence-electron chi connectivity index (χ4n) is 4.31. The fraction of sp³-hybridized carbons (Fsp3) is 0.333. The normalized spacial score (nSPS) is 13.9. The minimum absolute atomic E-state index is 0.0176. The number of oxazole rings is 1. The van der Waals surface area contributed by atoms with E-state index in [4.69, 9.17) is 14.9 Å². The van der Waals surface area contributed by atoms with Crippen LogP contribution in [0.2, 0.25) is 0 Å². The second kappa shape index (κ2) is 12.7. The van der Waals surface area contributed by atoms with Crippen LogP contribution in [0.1, 0.15) is 55.1 Å². The summed E-state index contributed by atoms with van der Waals surface area (Å²) in [7, 11) is 0. The quantitative estimate of drug-likeness (QED) is 0.153. The number of carbonyl (C=O) groups excluding carboxylic acids is 1. The SMILES string of the molecule is CC(C)(C)C(CNC(=O)O)(CC(Oc1ccc(F)c(C(N)=O)c1F)c1nc(-c2ccc(C(F)(F)F)cc2)c(Br)o1)NC(=O)O. The molecule has 2 unspecified atom stereocenters. The number of carbonyl (C=O) groups is 3. The van der Waals surface area contributed by atoms with Crippen molar-refractivity contribution in [2.45, 2.75) is 45.0 Å². The summed E-state index contributed by atoms with van der Waals surface area (Å²) in [6.45, 7) is 4.19. The Bertz CT molecular complexity index is 1560. The maximum atomic E-state index is 15.3. The van der Waals surface area contributed by atoms with Crippen molar-refractivity contribution in [3.8, 4) is 17.0 Å². The third-order valence-corrected chi connectivity index (χ3v) is 7.33. The van der Waals surface area contributed by atoms with Crippen molar-refractivity contribution in [3.63, 3.8) is 0 Å². The number of benzene rings is 2. The predicted molar refractivity (Wildman–Crippen MR) is 147 cm³/mol. The van der Waals surface area contributed by atoms with Crippen LogP contribution in [0.15, 0.2) is 45.5 Å². The number of ether oxygens (including phenoxy) is 1. The van der Waals surface area contributed by atoms with Crippen molar-refractivity contribution >= 4 is 34.0 Å². The summed E-state index contributed by atoms with van der Waals surface area (Å²) in [5.41, 5.74) is 0.381. The molecule has 2 atom stereocenters. The number of nitrogens with one attached hydrogen (secondary N) is 2. The lowest BCUT2D eigenvalue weighted by molar-refractivity contribution is -0.137. The predicted octanol–water partition coefficient (Wildman–Crippen LogP) is 6.33. The molecule has 3 amide bonds. The molecule has 0 saturated carbocycles.